The van der Waals surface area contributed by atoms with Gasteiger partial charge in [-0.1, -0.05) is 76.2 Å². The summed E-state index contributed by atoms with van der Waals surface area (Å²) >= 11 is 0. The summed E-state index contributed by atoms with van der Waals surface area (Å²) in [7, 11) is 0. The van der Waals surface area contributed by atoms with Gasteiger partial charge in [-0.25, -0.2) is 0 Å². The molecule has 2 atom stereocenters. The van der Waals surface area contributed by atoms with Crippen molar-refractivity contribution in [1.82, 2.24) is 0 Å². The highest BCUT2D eigenvalue weighted by atomic mass is 16.5. The molecule has 4 nitrogen and oxygen atoms in total. The standard InChI is InChI=1S/C24H26O4/c1-5-15(3)23(25)27-21-17-11-7-9-13-19(17)22(28-24(26)16(4)6-2)20-14-10-8-12-18(20)21/h7-16H,5-6H2,1-4H3. The summed E-state index contributed by atoms with van der Waals surface area (Å²) in [4.78, 5) is 25.0. The van der Waals surface area contributed by atoms with Crippen LogP contribution in [0.25, 0.3) is 21.5 Å². The third-order valence-corrected chi connectivity index (χ3v) is 5.27. The second-order valence-electron chi connectivity index (χ2n) is 7.21. The van der Waals surface area contributed by atoms with Crippen LogP contribution in [0.3, 0.4) is 0 Å². The largest absolute Gasteiger partial charge is 0.425 e. The molecule has 0 aromatic heterocycles. The molecule has 0 aliphatic rings. The van der Waals surface area contributed by atoms with Crippen LogP contribution in [-0.2, 0) is 9.59 Å². The zero-order chi connectivity index (χ0) is 20.3. The van der Waals surface area contributed by atoms with E-state index >= 15 is 0 Å². The molecule has 3 aromatic carbocycles. The van der Waals surface area contributed by atoms with Crippen molar-refractivity contribution < 1.29 is 19.1 Å². The minimum Gasteiger partial charge on any atom is -0.425 e. The summed E-state index contributed by atoms with van der Waals surface area (Å²) in [5, 5.41) is 3.02. The lowest BCUT2D eigenvalue weighted by molar-refractivity contribution is -0.139. The molecule has 3 rings (SSSR count). The first-order chi connectivity index (χ1) is 13.5. The third-order valence-electron chi connectivity index (χ3n) is 5.27. The molecule has 4 heteroatoms. The van der Waals surface area contributed by atoms with E-state index < -0.39 is 0 Å². The lowest BCUT2D eigenvalue weighted by atomic mass is 10.00. The van der Waals surface area contributed by atoms with Crippen molar-refractivity contribution in [1.29, 1.82) is 0 Å². The smallest absolute Gasteiger partial charge is 0.314 e. The van der Waals surface area contributed by atoms with Crippen LogP contribution in [-0.4, -0.2) is 11.9 Å². The number of ether oxygens (including phenoxy) is 2. The van der Waals surface area contributed by atoms with E-state index in [9.17, 15) is 9.59 Å². The lowest BCUT2D eigenvalue weighted by Gasteiger charge is -2.18. The molecule has 0 saturated carbocycles. The Labute approximate surface area is 165 Å². The van der Waals surface area contributed by atoms with E-state index in [-0.39, 0.29) is 23.8 Å². The molecule has 3 aromatic rings. The van der Waals surface area contributed by atoms with Gasteiger partial charge >= 0.3 is 11.9 Å². The Morgan fingerprint density at radius 1 is 0.679 bits per heavy atom. The number of hydrogen-bond donors (Lipinski definition) is 0. The molecule has 0 N–H and O–H groups in total. The van der Waals surface area contributed by atoms with Crippen molar-refractivity contribution in [2.45, 2.75) is 40.5 Å². The lowest BCUT2D eigenvalue weighted by Crippen LogP contribution is -2.18. The van der Waals surface area contributed by atoms with Crippen LogP contribution < -0.4 is 9.47 Å². The van der Waals surface area contributed by atoms with Gasteiger partial charge in [-0.15, -0.1) is 0 Å². The van der Waals surface area contributed by atoms with Crippen LogP contribution in [0, 0.1) is 11.8 Å². The van der Waals surface area contributed by atoms with Crippen LogP contribution in [0.15, 0.2) is 48.5 Å². The molecule has 0 spiro atoms. The van der Waals surface area contributed by atoms with E-state index in [0.717, 1.165) is 21.5 Å². The van der Waals surface area contributed by atoms with Crippen molar-refractivity contribution in [2.24, 2.45) is 11.8 Å². The molecule has 0 radical (unpaired) electrons. The summed E-state index contributed by atoms with van der Waals surface area (Å²) in [5.74, 6) is 0.116. The number of hydrogen-bond acceptors (Lipinski definition) is 4. The molecule has 0 bridgehead atoms. The van der Waals surface area contributed by atoms with Crippen LogP contribution in [0.4, 0.5) is 0 Å². The van der Waals surface area contributed by atoms with Gasteiger partial charge in [0.15, 0.2) is 0 Å². The fourth-order valence-corrected chi connectivity index (χ4v) is 3.00. The van der Waals surface area contributed by atoms with Gasteiger partial charge in [-0.2, -0.15) is 0 Å². The Morgan fingerprint density at radius 2 is 0.964 bits per heavy atom. The van der Waals surface area contributed by atoms with Crippen molar-refractivity contribution in [3.8, 4) is 11.5 Å². The van der Waals surface area contributed by atoms with Crippen molar-refractivity contribution in [3.05, 3.63) is 48.5 Å². The van der Waals surface area contributed by atoms with Gasteiger partial charge in [0.1, 0.15) is 11.5 Å². The number of benzene rings is 3. The monoisotopic (exact) mass is 378 g/mol. The van der Waals surface area contributed by atoms with E-state index in [0.29, 0.717) is 24.3 Å². The number of esters is 2. The second-order valence-corrected chi connectivity index (χ2v) is 7.21. The first kappa shape index (κ1) is 19.9. The van der Waals surface area contributed by atoms with Gasteiger partial charge < -0.3 is 9.47 Å². The van der Waals surface area contributed by atoms with Crippen LogP contribution >= 0.6 is 0 Å². The summed E-state index contributed by atoms with van der Waals surface area (Å²) in [6.07, 6.45) is 1.42. The first-order valence-electron chi connectivity index (χ1n) is 9.84. The summed E-state index contributed by atoms with van der Waals surface area (Å²) in [5.41, 5.74) is 0. The molecule has 28 heavy (non-hydrogen) atoms. The van der Waals surface area contributed by atoms with Crippen molar-refractivity contribution in [3.63, 3.8) is 0 Å². The molecule has 2 unspecified atom stereocenters. The van der Waals surface area contributed by atoms with Gasteiger partial charge in [0, 0.05) is 21.5 Å². The quantitative estimate of drug-likeness (QED) is 0.305. The minimum atomic E-state index is -0.262. The highest BCUT2D eigenvalue weighted by molar-refractivity contribution is 6.12. The van der Waals surface area contributed by atoms with Gasteiger partial charge in [-0.05, 0) is 12.8 Å². The molecular formula is C24H26O4. The minimum absolute atomic E-state index is 0.194. The SMILES string of the molecule is CCC(C)C(=O)Oc1c2ccccc2c(OC(=O)C(C)CC)c2ccccc12. The van der Waals surface area contributed by atoms with E-state index in [1.807, 2.05) is 76.2 Å². The number of rotatable bonds is 6. The zero-order valence-corrected chi connectivity index (χ0v) is 16.8. The molecular weight excluding hydrogens is 352 g/mol. The van der Waals surface area contributed by atoms with E-state index in [4.69, 9.17) is 9.47 Å². The maximum Gasteiger partial charge on any atom is 0.314 e. The van der Waals surface area contributed by atoms with E-state index in [1.54, 1.807) is 0 Å². The van der Waals surface area contributed by atoms with Gasteiger partial charge in [0.2, 0.25) is 0 Å². The highest BCUT2D eigenvalue weighted by Gasteiger charge is 2.22. The number of fused-ring (bicyclic) bond motifs is 2. The van der Waals surface area contributed by atoms with Crippen LogP contribution in [0.5, 0.6) is 11.5 Å². The molecule has 0 amide bonds. The number of carbonyl (C=O) groups excluding carboxylic acids is 2. The predicted molar refractivity (Wildman–Crippen MR) is 112 cm³/mol. The maximum absolute atomic E-state index is 12.5. The Kier molecular flexibility index (Phi) is 5.98. The Bertz CT molecular complexity index is 883. The maximum atomic E-state index is 12.5. The Morgan fingerprint density at radius 3 is 1.21 bits per heavy atom. The first-order valence-corrected chi connectivity index (χ1v) is 9.84. The molecule has 146 valence electrons. The van der Waals surface area contributed by atoms with Crippen molar-refractivity contribution in [2.75, 3.05) is 0 Å². The summed E-state index contributed by atoms with van der Waals surface area (Å²) < 4.78 is 11.7. The molecule has 0 aliphatic carbocycles. The Balaban J connectivity index is 2.24. The topological polar surface area (TPSA) is 52.6 Å². The molecule has 0 aliphatic heterocycles. The fourth-order valence-electron chi connectivity index (χ4n) is 3.00. The molecule has 0 heterocycles. The molecule has 0 fully saturated rings. The summed E-state index contributed by atoms with van der Waals surface area (Å²) in [6.45, 7) is 7.63. The van der Waals surface area contributed by atoms with Crippen molar-refractivity contribution >= 4 is 33.5 Å². The average Bonchev–Trinajstić information content (AvgIpc) is 2.74. The fraction of sp³-hybridized carbons (Fsp3) is 0.333. The van der Waals surface area contributed by atoms with Crippen LogP contribution in [0.2, 0.25) is 0 Å². The Hall–Kier alpha value is -2.88. The average molecular weight is 378 g/mol. The van der Waals surface area contributed by atoms with Gasteiger partial charge in [0.25, 0.3) is 0 Å². The predicted octanol–water partition coefficient (Wildman–Crippen LogP) is 5.90. The highest BCUT2D eigenvalue weighted by Crippen LogP contribution is 2.43. The summed E-state index contributed by atoms with van der Waals surface area (Å²) in [6, 6.07) is 15.1. The second kappa shape index (κ2) is 8.42. The third kappa shape index (κ3) is 3.72. The van der Waals surface area contributed by atoms with Crippen LogP contribution in [0.1, 0.15) is 40.5 Å². The van der Waals surface area contributed by atoms with Gasteiger partial charge in [0.05, 0.1) is 11.8 Å². The molecule has 0 saturated heterocycles. The normalized spacial score (nSPS) is 13.3. The zero-order valence-electron chi connectivity index (χ0n) is 16.8. The van der Waals surface area contributed by atoms with E-state index in [1.165, 1.54) is 0 Å². The number of carbonyl (C=O) groups is 2. The van der Waals surface area contributed by atoms with Gasteiger partial charge in [-0.3, -0.25) is 9.59 Å². The van der Waals surface area contributed by atoms with E-state index in [2.05, 4.69) is 0 Å².